The molecule has 2 heterocycles. The summed E-state index contributed by atoms with van der Waals surface area (Å²) in [5.74, 6) is 1.71. The van der Waals surface area contributed by atoms with Gasteiger partial charge in [0.1, 0.15) is 5.82 Å². The molecule has 1 fully saturated rings. The molecule has 0 amide bonds. The number of aromatic nitrogens is 2. The first kappa shape index (κ1) is 16.2. The van der Waals surface area contributed by atoms with Crippen molar-refractivity contribution in [2.45, 2.75) is 39.5 Å². The third-order valence-corrected chi connectivity index (χ3v) is 5.05. The molecular weight excluding hydrogens is 352 g/mol. The van der Waals surface area contributed by atoms with Gasteiger partial charge in [-0.3, -0.25) is 0 Å². The monoisotopic (exact) mass is 374 g/mol. The fraction of sp³-hybridized carbons (Fsp3) is 0.444. The number of aryl methyl sites for hydroxylation is 2. The minimum absolute atomic E-state index is 0.850. The van der Waals surface area contributed by atoms with Gasteiger partial charge in [0.15, 0.2) is 0 Å². The summed E-state index contributed by atoms with van der Waals surface area (Å²) in [5.41, 5.74) is 3.25. The molecule has 1 aromatic heterocycles. The second-order valence-corrected chi connectivity index (χ2v) is 7.04. The summed E-state index contributed by atoms with van der Waals surface area (Å²) in [5, 5.41) is 3.41. The van der Waals surface area contributed by atoms with Crippen molar-refractivity contribution < 1.29 is 0 Å². The van der Waals surface area contributed by atoms with Gasteiger partial charge in [-0.1, -0.05) is 28.8 Å². The summed E-state index contributed by atoms with van der Waals surface area (Å²) in [6.07, 6.45) is 5.08. The van der Waals surface area contributed by atoms with Crippen LogP contribution in [0.4, 0.5) is 17.5 Å². The van der Waals surface area contributed by atoms with Crippen LogP contribution in [0.25, 0.3) is 0 Å². The Morgan fingerprint density at radius 2 is 1.74 bits per heavy atom. The predicted octanol–water partition coefficient (Wildman–Crippen LogP) is 4.98. The van der Waals surface area contributed by atoms with Gasteiger partial charge in [-0.15, -0.1) is 0 Å². The van der Waals surface area contributed by atoms with Gasteiger partial charge in [-0.05, 0) is 50.5 Å². The molecule has 4 nitrogen and oxygen atoms in total. The average molecular weight is 375 g/mol. The zero-order valence-electron chi connectivity index (χ0n) is 13.8. The third kappa shape index (κ3) is 4.22. The fourth-order valence-electron chi connectivity index (χ4n) is 2.90. The first-order valence-corrected chi connectivity index (χ1v) is 9.05. The molecule has 23 heavy (non-hydrogen) atoms. The maximum absolute atomic E-state index is 4.74. The van der Waals surface area contributed by atoms with E-state index in [1.807, 2.05) is 13.0 Å². The summed E-state index contributed by atoms with van der Waals surface area (Å²) in [6, 6.07) is 8.23. The lowest BCUT2D eigenvalue weighted by molar-refractivity contribution is 0.726. The van der Waals surface area contributed by atoms with Crippen molar-refractivity contribution in [3.63, 3.8) is 0 Å². The molecule has 2 aromatic rings. The second-order valence-electron chi connectivity index (χ2n) is 6.18. The number of halogens is 1. The van der Waals surface area contributed by atoms with Crippen molar-refractivity contribution in [1.29, 1.82) is 0 Å². The Balaban J connectivity index is 1.83. The molecule has 0 radical (unpaired) electrons. The Hall–Kier alpha value is -1.62. The van der Waals surface area contributed by atoms with Gasteiger partial charge in [0, 0.05) is 35.0 Å². The number of nitrogens with one attached hydrogen (secondary N) is 1. The lowest BCUT2D eigenvalue weighted by Crippen LogP contribution is -2.26. The van der Waals surface area contributed by atoms with Crippen molar-refractivity contribution in [2.24, 2.45) is 0 Å². The smallest absolute Gasteiger partial charge is 0.227 e. The van der Waals surface area contributed by atoms with E-state index >= 15 is 0 Å². The van der Waals surface area contributed by atoms with Gasteiger partial charge in [-0.25, -0.2) is 4.98 Å². The van der Waals surface area contributed by atoms with Crippen LogP contribution in [0.15, 0.2) is 28.7 Å². The topological polar surface area (TPSA) is 41.1 Å². The molecule has 0 unspecified atom stereocenters. The Kier molecular flexibility index (Phi) is 5.16. The zero-order valence-corrected chi connectivity index (χ0v) is 15.4. The number of rotatable bonds is 3. The number of nitrogens with zero attached hydrogens (tertiary/aromatic N) is 3. The Morgan fingerprint density at radius 1 is 1.00 bits per heavy atom. The molecule has 1 aromatic carbocycles. The molecule has 1 aliphatic rings. The number of hydrogen-bond acceptors (Lipinski definition) is 4. The lowest BCUT2D eigenvalue weighted by atomic mass is 10.2. The molecule has 1 N–H and O–H groups in total. The molecule has 0 bridgehead atoms. The molecule has 0 spiro atoms. The van der Waals surface area contributed by atoms with Crippen LogP contribution in [0.1, 0.15) is 36.9 Å². The summed E-state index contributed by atoms with van der Waals surface area (Å²) in [6.45, 7) is 6.23. The molecule has 122 valence electrons. The maximum Gasteiger partial charge on any atom is 0.227 e. The van der Waals surface area contributed by atoms with E-state index in [1.54, 1.807) is 0 Å². The lowest BCUT2D eigenvalue weighted by Gasteiger charge is -2.21. The Bertz CT molecular complexity index is 679. The minimum Gasteiger partial charge on any atom is -0.341 e. The van der Waals surface area contributed by atoms with Gasteiger partial charge in [0.05, 0.1) is 0 Å². The highest BCUT2D eigenvalue weighted by Crippen LogP contribution is 2.24. The standard InChI is InChI=1S/C18H23BrN4/c1-13-11-15(7-8-16(13)19)21-17-12-14(2)20-18(22-17)23-9-5-3-4-6-10-23/h7-8,11-12H,3-6,9-10H2,1-2H3,(H,20,21,22). The van der Waals surface area contributed by atoms with Crippen LogP contribution in [0.5, 0.6) is 0 Å². The van der Waals surface area contributed by atoms with Crippen LogP contribution in [-0.4, -0.2) is 23.1 Å². The average Bonchev–Trinajstić information content (AvgIpc) is 2.80. The molecule has 5 heteroatoms. The Labute approximate surface area is 146 Å². The van der Waals surface area contributed by atoms with Crippen molar-refractivity contribution in [3.8, 4) is 0 Å². The van der Waals surface area contributed by atoms with E-state index in [1.165, 1.54) is 31.2 Å². The molecule has 0 aliphatic carbocycles. The fourth-order valence-corrected chi connectivity index (χ4v) is 3.15. The van der Waals surface area contributed by atoms with Crippen molar-refractivity contribution in [1.82, 2.24) is 9.97 Å². The van der Waals surface area contributed by atoms with E-state index in [-0.39, 0.29) is 0 Å². The third-order valence-electron chi connectivity index (χ3n) is 4.16. The molecule has 0 atom stereocenters. The van der Waals surface area contributed by atoms with Gasteiger partial charge >= 0.3 is 0 Å². The molecule has 1 aliphatic heterocycles. The molecule has 0 saturated carbocycles. The highest BCUT2D eigenvalue weighted by Gasteiger charge is 2.14. The Morgan fingerprint density at radius 3 is 2.43 bits per heavy atom. The summed E-state index contributed by atoms with van der Waals surface area (Å²) in [4.78, 5) is 11.7. The van der Waals surface area contributed by atoms with E-state index in [0.717, 1.165) is 40.7 Å². The van der Waals surface area contributed by atoms with Crippen LogP contribution in [-0.2, 0) is 0 Å². The molecule has 1 saturated heterocycles. The molecule has 3 rings (SSSR count). The van der Waals surface area contributed by atoms with Crippen LogP contribution in [0.2, 0.25) is 0 Å². The second kappa shape index (κ2) is 7.30. The maximum atomic E-state index is 4.74. The van der Waals surface area contributed by atoms with Crippen molar-refractivity contribution >= 4 is 33.4 Å². The number of hydrogen-bond donors (Lipinski definition) is 1. The molecular formula is C18H23BrN4. The summed E-state index contributed by atoms with van der Waals surface area (Å²) < 4.78 is 1.12. The first-order chi connectivity index (χ1) is 11.1. The first-order valence-electron chi connectivity index (χ1n) is 8.25. The van der Waals surface area contributed by atoms with Crippen LogP contribution in [0, 0.1) is 13.8 Å². The number of benzene rings is 1. The van der Waals surface area contributed by atoms with E-state index in [2.05, 4.69) is 56.3 Å². The highest BCUT2D eigenvalue weighted by atomic mass is 79.9. The van der Waals surface area contributed by atoms with Gasteiger partial charge in [0.2, 0.25) is 5.95 Å². The van der Waals surface area contributed by atoms with Gasteiger partial charge in [-0.2, -0.15) is 4.98 Å². The van der Waals surface area contributed by atoms with Crippen LogP contribution < -0.4 is 10.2 Å². The quantitative estimate of drug-likeness (QED) is 0.822. The number of anilines is 3. The normalized spacial score (nSPS) is 15.3. The van der Waals surface area contributed by atoms with Crippen LogP contribution >= 0.6 is 15.9 Å². The summed E-state index contributed by atoms with van der Waals surface area (Å²) in [7, 11) is 0. The SMILES string of the molecule is Cc1cc(Nc2ccc(Br)c(C)c2)nc(N2CCCCCC2)n1. The van der Waals surface area contributed by atoms with E-state index < -0.39 is 0 Å². The predicted molar refractivity (Wildman–Crippen MR) is 99.6 cm³/mol. The van der Waals surface area contributed by atoms with E-state index in [0.29, 0.717) is 0 Å². The largest absolute Gasteiger partial charge is 0.341 e. The van der Waals surface area contributed by atoms with Gasteiger partial charge in [0.25, 0.3) is 0 Å². The van der Waals surface area contributed by atoms with Gasteiger partial charge < -0.3 is 10.2 Å². The van der Waals surface area contributed by atoms with E-state index in [4.69, 9.17) is 4.98 Å². The van der Waals surface area contributed by atoms with Crippen molar-refractivity contribution in [3.05, 3.63) is 40.0 Å². The zero-order chi connectivity index (χ0) is 16.2. The van der Waals surface area contributed by atoms with E-state index in [9.17, 15) is 0 Å². The highest BCUT2D eigenvalue weighted by molar-refractivity contribution is 9.10. The van der Waals surface area contributed by atoms with Crippen molar-refractivity contribution in [2.75, 3.05) is 23.3 Å². The summed E-state index contributed by atoms with van der Waals surface area (Å²) >= 11 is 3.54. The minimum atomic E-state index is 0.850. The van der Waals surface area contributed by atoms with Crippen LogP contribution in [0.3, 0.4) is 0 Å².